The first-order valence-corrected chi connectivity index (χ1v) is 5.95. The van der Waals surface area contributed by atoms with Crippen LogP contribution in [-0.4, -0.2) is 19.9 Å². The molecule has 0 saturated heterocycles. The number of hydrogen-bond acceptors (Lipinski definition) is 3. The summed E-state index contributed by atoms with van der Waals surface area (Å²) in [7, 11) is 0. The van der Waals surface area contributed by atoms with E-state index >= 15 is 0 Å². The normalized spacial score (nSPS) is 19.0. The lowest BCUT2D eigenvalue weighted by Crippen LogP contribution is -2.18. The van der Waals surface area contributed by atoms with Crippen molar-refractivity contribution in [3.8, 4) is 17.1 Å². The van der Waals surface area contributed by atoms with Crippen LogP contribution in [0, 0.1) is 5.92 Å². The van der Waals surface area contributed by atoms with E-state index in [2.05, 4.69) is 17.0 Å². The highest BCUT2D eigenvalue weighted by atomic mass is 16.3. The summed E-state index contributed by atoms with van der Waals surface area (Å²) in [6.07, 6.45) is 2.15. The Balaban J connectivity index is 2.00. The van der Waals surface area contributed by atoms with Gasteiger partial charge in [-0.2, -0.15) is 5.10 Å². The average molecular weight is 229 g/mol. The minimum Gasteiger partial charge on any atom is -0.508 e. The molecule has 1 N–H and O–H groups in total. The van der Waals surface area contributed by atoms with Crippen LogP contribution in [0.2, 0.25) is 0 Å². The number of aryl methyl sites for hydroxylation is 1. The maximum absolute atomic E-state index is 9.46. The highest BCUT2D eigenvalue weighted by molar-refractivity contribution is 5.56. The van der Waals surface area contributed by atoms with Crippen molar-refractivity contribution in [2.75, 3.05) is 0 Å². The van der Waals surface area contributed by atoms with Gasteiger partial charge in [-0.1, -0.05) is 19.1 Å². The Morgan fingerprint density at radius 2 is 2.29 bits per heavy atom. The van der Waals surface area contributed by atoms with Gasteiger partial charge in [0.2, 0.25) is 0 Å². The summed E-state index contributed by atoms with van der Waals surface area (Å²) in [6.45, 7) is 3.19. The number of aromatic nitrogens is 3. The minimum absolute atomic E-state index is 0.253. The van der Waals surface area contributed by atoms with Crippen LogP contribution in [0.15, 0.2) is 24.3 Å². The van der Waals surface area contributed by atoms with Gasteiger partial charge in [-0.05, 0) is 24.5 Å². The van der Waals surface area contributed by atoms with Gasteiger partial charge in [0.25, 0.3) is 0 Å². The molecule has 17 heavy (non-hydrogen) atoms. The lowest BCUT2D eigenvalue weighted by molar-refractivity contribution is 0.386. The maximum atomic E-state index is 9.46. The van der Waals surface area contributed by atoms with Gasteiger partial charge in [0.05, 0.1) is 0 Å². The van der Waals surface area contributed by atoms with Crippen molar-refractivity contribution < 1.29 is 5.11 Å². The van der Waals surface area contributed by atoms with Crippen molar-refractivity contribution in [1.29, 1.82) is 0 Å². The maximum Gasteiger partial charge on any atom is 0.181 e. The molecule has 4 heteroatoms. The molecule has 2 aromatic rings. The van der Waals surface area contributed by atoms with Gasteiger partial charge in [-0.15, -0.1) is 0 Å². The molecule has 3 rings (SSSR count). The zero-order valence-electron chi connectivity index (χ0n) is 9.80. The number of benzene rings is 1. The summed E-state index contributed by atoms with van der Waals surface area (Å²) in [5.74, 6) is 2.71. The third-order valence-electron chi connectivity index (χ3n) is 3.22. The lowest BCUT2D eigenvalue weighted by Gasteiger charge is -2.17. The van der Waals surface area contributed by atoms with Crippen LogP contribution in [0.4, 0.5) is 0 Å². The molecule has 1 atom stereocenters. The van der Waals surface area contributed by atoms with Crippen LogP contribution in [0.5, 0.6) is 5.75 Å². The number of aromatic hydroxyl groups is 1. The first kappa shape index (κ1) is 10.3. The molecule has 0 saturated carbocycles. The molecular weight excluding hydrogens is 214 g/mol. The Morgan fingerprint density at radius 1 is 1.41 bits per heavy atom. The van der Waals surface area contributed by atoms with E-state index in [-0.39, 0.29) is 5.75 Å². The van der Waals surface area contributed by atoms with E-state index in [1.54, 1.807) is 12.1 Å². The molecule has 0 spiro atoms. The minimum atomic E-state index is 0.253. The van der Waals surface area contributed by atoms with Gasteiger partial charge in [0.1, 0.15) is 11.6 Å². The SMILES string of the molecule is CC1CCn2nc(-c3cccc(O)c3)nc2C1. The second kappa shape index (κ2) is 3.87. The van der Waals surface area contributed by atoms with Crippen molar-refractivity contribution in [1.82, 2.24) is 14.8 Å². The Kier molecular flexibility index (Phi) is 2.35. The Labute approximate surface area is 99.9 Å². The molecule has 1 aromatic carbocycles. The van der Waals surface area contributed by atoms with Gasteiger partial charge < -0.3 is 5.11 Å². The monoisotopic (exact) mass is 229 g/mol. The van der Waals surface area contributed by atoms with Crippen LogP contribution in [-0.2, 0) is 13.0 Å². The summed E-state index contributed by atoms with van der Waals surface area (Å²) in [4.78, 5) is 4.55. The first-order chi connectivity index (χ1) is 8.22. The predicted octanol–water partition coefficient (Wildman–Crippen LogP) is 2.23. The average Bonchev–Trinajstić information content (AvgIpc) is 2.72. The summed E-state index contributed by atoms with van der Waals surface area (Å²) in [5, 5.41) is 13.9. The van der Waals surface area contributed by atoms with Gasteiger partial charge in [0, 0.05) is 18.5 Å². The number of rotatable bonds is 1. The second-order valence-corrected chi connectivity index (χ2v) is 4.72. The molecule has 4 nitrogen and oxygen atoms in total. The van der Waals surface area contributed by atoms with E-state index in [9.17, 15) is 5.11 Å². The fourth-order valence-corrected chi connectivity index (χ4v) is 2.23. The van der Waals surface area contributed by atoms with Crippen LogP contribution < -0.4 is 0 Å². The van der Waals surface area contributed by atoms with Gasteiger partial charge in [0.15, 0.2) is 5.82 Å². The molecule has 1 aliphatic rings. The standard InChI is InChI=1S/C13H15N3O/c1-9-5-6-16-12(7-9)14-13(15-16)10-3-2-4-11(17)8-10/h2-4,8-9,17H,5-7H2,1H3. The lowest BCUT2D eigenvalue weighted by atomic mass is 10.0. The van der Waals surface area contributed by atoms with Crippen molar-refractivity contribution in [3.05, 3.63) is 30.1 Å². The van der Waals surface area contributed by atoms with E-state index in [1.165, 1.54) is 0 Å². The largest absolute Gasteiger partial charge is 0.508 e. The summed E-state index contributed by atoms with van der Waals surface area (Å²) in [5.41, 5.74) is 0.875. The Bertz CT molecular complexity index is 547. The zero-order valence-corrected chi connectivity index (χ0v) is 9.80. The number of phenolic OH excluding ortho intramolecular Hbond substituents is 1. The zero-order chi connectivity index (χ0) is 11.8. The van der Waals surface area contributed by atoms with E-state index in [0.29, 0.717) is 11.7 Å². The van der Waals surface area contributed by atoms with Crippen molar-refractivity contribution >= 4 is 0 Å². The fraction of sp³-hybridized carbons (Fsp3) is 0.385. The fourth-order valence-electron chi connectivity index (χ4n) is 2.23. The van der Waals surface area contributed by atoms with Crippen molar-refractivity contribution in [2.45, 2.75) is 26.3 Å². The molecule has 88 valence electrons. The number of fused-ring (bicyclic) bond motifs is 1. The van der Waals surface area contributed by atoms with Gasteiger partial charge in [-0.3, -0.25) is 0 Å². The van der Waals surface area contributed by atoms with Crippen LogP contribution in [0.25, 0.3) is 11.4 Å². The summed E-state index contributed by atoms with van der Waals surface area (Å²) < 4.78 is 1.99. The molecule has 0 radical (unpaired) electrons. The molecular formula is C13H15N3O. The highest BCUT2D eigenvalue weighted by Crippen LogP contribution is 2.24. The van der Waals surface area contributed by atoms with Crippen LogP contribution in [0.3, 0.4) is 0 Å². The predicted molar refractivity (Wildman–Crippen MR) is 64.6 cm³/mol. The van der Waals surface area contributed by atoms with Crippen molar-refractivity contribution in [2.24, 2.45) is 5.92 Å². The second-order valence-electron chi connectivity index (χ2n) is 4.72. The third-order valence-corrected chi connectivity index (χ3v) is 3.22. The van der Waals surface area contributed by atoms with E-state index in [1.807, 2.05) is 16.8 Å². The smallest absolute Gasteiger partial charge is 0.181 e. The highest BCUT2D eigenvalue weighted by Gasteiger charge is 2.19. The topological polar surface area (TPSA) is 50.9 Å². The molecule has 2 heterocycles. The number of hydrogen-bond donors (Lipinski definition) is 1. The molecule has 0 fully saturated rings. The third kappa shape index (κ3) is 1.90. The molecule has 0 aliphatic carbocycles. The van der Waals surface area contributed by atoms with Crippen LogP contribution >= 0.6 is 0 Å². The summed E-state index contributed by atoms with van der Waals surface area (Å²) >= 11 is 0. The van der Waals surface area contributed by atoms with Gasteiger partial charge in [-0.25, -0.2) is 9.67 Å². The van der Waals surface area contributed by atoms with Crippen molar-refractivity contribution in [3.63, 3.8) is 0 Å². The molecule has 1 aromatic heterocycles. The Hall–Kier alpha value is -1.84. The summed E-state index contributed by atoms with van der Waals surface area (Å²) in [6, 6.07) is 7.09. The molecule has 1 unspecified atom stereocenters. The number of nitrogens with zero attached hydrogens (tertiary/aromatic N) is 3. The first-order valence-electron chi connectivity index (χ1n) is 5.95. The number of phenols is 1. The molecule has 0 amide bonds. The van der Waals surface area contributed by atoms with Crippen LogP contribution in [0.1, 0.15) is 19.2 Å². The van der Waals surface area contributed by atoms with E-state index < -0.39 is 0 Å². The van der Waals surface area contributed by atoms with E-state index in [0.717, 1.165) is 30.8 Å². The van der Waals surface area contributed by atoms with Gasteiger partial charge >= 0.3 is 0 Å². The molecule has 0 bridgehead atoms. The molecule has 1 aliphatic heterocycles. The quantitative estimate of drug-likeness (QED) is 0.815. The Morgan fingerprint density at radius 3 is 3.12 bits per heavy atom. The van der Waals surface area contributed by atoms with E-state index in [4.69, 9.17) is 0 Å².